The van der Waals surface area contributed by atoms with Gasteiger partial charge in [0.1, 0.15) is 17.2 Å². The Hall–Kier alpha value is -3.42. The predicted octanol–water partition coefficient (Wildman–Crippen LogP) is 2.81. The molecule has 0 fully saturated rings. The number of methoxy groups -OCH3 is 1. The Morgan fingerprint density at radius 3 is 2.78 bits per heavy atom. The van der Waals surface area contributed by atoms with E-state index < -0.39 is 0 Å². The van der Waals surface area contributed by atoms with Crippen molar-refractivity contribution >= 4 is 17.7 Å². The number of nitrogens with zero attached hydrogens (tertiary/aromatic N) is 3. The first kappa shape index (κ1) is 18.4. The van der Waals surface area contributed by atoms with E-state index in [2.05, 4.69) is 25.8 Å². The van der Waals surface area contributed by atoms with Crippen molar-refractivity contribution in [1.82, 2.24) is 20.4 Å². The van der Waals surface area contributed by atoms with Crippen LogP contribution < -0.4 is 15.4 Å². The minimum absolute atomic E-state index is 0.261. The molecule has 3 rings (SSSR count). The Morgan fingerprint density at radius 2 is 2.04 bits per heavy atom. The van der Waals surface area contributed by atoms with Crippen molar-refractivity contribution in [2.24, 2.45) is 0 Å². The number of hydrogen-bond acceptors (Lipinski definition) is 7. The van der Waals surface area contributed by atoms with Crippen LogP contribution in [0.3, 0.4) is 0 Å². The van der Waals surface area contributed by atoms with Crippen LogP contribution in [0.2, 0.25) is 0 Å². The summed E-state index contributed by atoms with van der Waals surface area (Å²) in [6, 6.07) is 11.1. The average molecular weight is 367 g/mol. The van der Waals surface area contributed by atoms with Crippen LogP contribution in [-0.2, 0) is 6.42 Å². The fraction of sp³-hybridized carbons (Fsp3) is 0.263. The van der Waals surface area contributed by atoms with Crippen molar-refractivity contribution in [2.75, 3.05) is 19.0 Å². The molecule has 0 radical (unpaired) electrons. The summed E-state index contributed by atoms with van der Waals surface area (Å²) in [4.78, 5) is 21.0. The van der Waals surface area contributed by atoms with Crippen molar-refractivity contribution in [2.45, 2.75) is 20.3 Å². The maximum absolute atomic E-state index is 12.4. The fourth-order valence-electron chi connectivity index (χ4n) is 2.52. The maximum Gasteiger partial charge on any atom is 0.270 e. The highest BCUT2D eigenvalue weighted by atomic mass is 16.5. The van der Waals surface area contributed by atoms with Crippen molar-refractivity contribution in [3.8, 4) is 5.75 Å². The first-order valence-corrected chi connectivity index (χ1v) is 8.50. The zero-order valence-electron chi connectivity index (χ0n) is 15.4. The first-order chi connectivity index (χ1) is 13.0. The highest BCUT2D eigenvalue weighted by molar-refractivity contribution is 5.92. The summed E-state index contributed by atoms with van der Waals surface area (Å²) in [5.74, 6) is 1.98. The van der Waals surface area contributed by atoms with Crippen molar-refractivity contribution < 1.29 is 14.1 Å². The number of amides is 1. The van der Waals surface area contributed by atoms with Gasteiger partial charge in [0.15, 0.2) is 5.82 Å². The molecule has 3 aromatic rings. The zero-order valence-corrected chi connectivity index (χ0v) is 15.4. The van der Waals surface area contributed by atoms with Gasteiger partial charge in [0.2, 0.25) is 5.95 Å². The van der Waals surface area contributed by atoms with Gasteiger partial charge in [-0.25, -0.2) is 9.97 Å². The van der Waals surface area contributed by atoms with Gasteiger partial charge < -0.3 is 19.9 Å². The van der Waals surface area contributed by atoms with Crippen LogP contribution >= 0.6 is 0 Å². The standard InChI is InChI=1S/C19H21N5O3/c1-12-9-16(22-19(21-12)23-17-10-13(2)27-24-17)18(25)20-8-7-14-5-4-6-15(11-14)26-3/h4-6,9-11H,7-8H2,1-3H3,(H,20,25)(H,21,22,23,24). The summed E-state index contributed by atoms with van der Waals surface area (Å²) in [6.07, 6.45) is 0.691. The number of aromatic nitrogens is 3. The number of ether oxygens (including phenoxy) is 1. The summed E-state index contributed by atoms with van der Waals surface area (Å²) >= 11 is 0. The van der Waals surface area contributed by atoms with Crippen LogP contribution in [0.5, 0.6) is 5.75 Å². The first-order valence-electron chi connectivity index (χ1n) is 8.50. The number of nitrogens with one attached hydrogen (secondary N) is 2. The van der Waals surface area contributed by atoms with Crippen LogP contribution in [0.1, 0.15) is 27.5 Å². The molecule has 0 aliphatic carbocycles. The minimum atomic E-state index is -0.261. The van der Waals surface area contributed by atoms with Gasteiger partial charge in [0.05, 0.1) is 7.11 Å². The molecule has 140 valence electrons. The third-order valence-electron chi connectivity index (χ3n) is 3.79. The number of anilines is 2. The summed E-state index contributed by atoms with van der Waals surface area (Å²) in [5, 5.41) is 9.65. The van der Waals surface area contributed by atoms with Crippen LogP contribution in [-0.4, -0.2) is 34.7 Å². The lowest BCUT2D eigenvalue weighted by Gasteiger charge is -2.08. The van der Waals surface area contributed by atoms with Gasteiger partial charge in [-0.3, -0.25) is 4.79 Å². The molecule has 8 heteroatoms. The number of carbonyl (C=O) groups excluding carboxylic acids is 1. The highest BCUT2D eigenvalue weighted by Gasteiger charge is 2.11. The molecular formula is C19H21N5O3. The van der Waals surface area contributed by atoms with E-state index in [1.807, 2.05) is 24.3 Å². The smallest absolute Gasteiger partial charge is 0.270 e. The Labute approximate surface area is 157 Å². The predicted molar refractivity (Wildman–Crippen MR) is 100 cm³/mol. The van der Waals surface area contributed by atoms with E-state index in [1.165, 1.54) is 0 Å². The molecule has 0 atom stereocenters. The van der Waals surface area contributed by atoms with Gasteiger partial charge in [-0.1, -0.05) is 17.3 Å². The molecule has 27 heavy (non-hydrogen) atoms. The van der Waals surface area contributed by atoms with Crippen molar-refractivity contribution in [3.05, 3.63) is 59.1 Å². The Bertz CT molecular complexity index is 939. The molecule has 1 amide bonds. The molecule has 0 aliphatic rings. The summed E-state index contributed by atoms with van der Waals surface area (Å²) in [7, 11) is 1.63. The molecule has 8 nitrogen and oxygen atoms in total. The highest BCUT2D eigenvalue weighted by Crippen LogP contribution is 2.14. The molecular weight excluding hydrogens is 346 g/mol. The van der Waals surface area contributed by atoms with Crippen LogP contribution in [0.15, 0.2) is 40.9 Å². The molecule has 0 unspecified atom stereocenters. The molecule has 1 aromatic carbocycles. The van der Waals surface area contributed by atoms with Gasteiger partial charge in [-0.15, -0.1) is 0 Å². The van der Waals surface area contributed by atoms with E-state index >= 15 is 0 Å². The third kappa shape index (κ3) is 5.04. The molecule has 0 bridgehead atoms. The zero-order chi connectivity index (χ0) is 19.2. The summed E-state index contributed by atoms with van der Waals surface area (Å²) < 4.78 is 10.2. The number of benzene rings is 1. The van der Waals surface area contributed by atoms with E-state index in [-0.39, 0.29) is 11.6 Å². The lowest BCUT2D eigenvalue weighted by atomic mass is 10.1. The van der Waals surface area contributed by atoms with E-state index in [4.69, 9.17) is 9.26 Å². The molecule has 0 saturated heterocycles. The number of rotatable bonds is 7. The van der Waals surface area contributed by atoms with Gasteiger partial charge in [-0.05, 0) is 44.0 Å². The minimum Gasteiger partial charge on any atom is -0.497 e. The van der Waals surface area contributed by atoms with E-state index in [0.717, 1.165) is 11.3 Å². The van der Waals surface area contributed by atoms with E-state index in [9.17, 15) is 4.79 Å². The van der Waals surface area contributed by atoms with E-state index in [1.54, 1.807) is 33.1 Å². The Balaban J connectivity index is 1.62. The SMILES string of the molecule is COc1cccc(CCNC(=O)c2cc(C)nc(Nc3cc(C)on3)n2)c1. The third-order valence-corrected chi connectivity index (χ3v) is 3.79. The second kappa shape index (κ2) is 8.31. The average Bonchev–Trinajstić information content (AvgIpc) is 3.06. The van der Waals surface area contributed by atoms with E-state index in [0.29, 0.717) is 36.2 Å². The second-order valence-electron chi connectivity index (χ2n) is 6.02. The second-order valence-corrected chi connectivity index (χ2v) is 6.02. The Morgan fingerprint density at radius 1 is 1.19 bits per heavy atom. The van der Waals surface area contributed by atoms with Gasteiger partial charge in [0.25, 0.3) is 5.91 Å². The fourth-order valence-corrected chi connectivity index (χ4v) is 2.52. The largest absolute Gasteiger partial charge is 0.497 e. The summed E-state index contributed by atoms with van der Waals surface area (Å²) in [6.45, 7) is 4.07. The molecule has 2 aromatic heterocycles. The molecule has 0 saturated carbocycles. The number of hydrogen-bond donors (Lipinski definition) is 2. The lowest BCUT2D eigenvalue weighted by molar-refractivity contribution is 0.0949. The maximum atomic E-state index is 12.4. The number of carbonyl (C=O) groups is 1. The van der Waals surface area contributed by atoms with Crippen LogP contribution in [0.4, 0.5) is 11.8 Å². The monoisotopic (exact) mass is 367 g/mol. The van der Waals surface area contributed by atoms with Gasteiger partial charge >= 0.3 is 0 Å². The van der Waals surface area contributed by atoms with Crippen molar-refractivity contribution in [1.29, 1.82) is 0 Å². The van der Waals surface area contributed by atoms with Gasteiger partial charge in [0, 0.05) is 18.3 Å². The molecule has 0 aliphatic heterocycles. The molecule has 2 heterocycles. The van der Waals surface area contributed by atoms with Crippen LogP contribution in [0, 0.1) is 13.8 Å². The topological polar surface area (TPSA) is 102 Å². The van der Waals surface area contributed by atoms with Crippen molar-refractivity contribution in [3.63, 3.8) is 0 Å². The Kier molecular flexibility index (Phi) is 5.65. The van der Waals surface area contributed by atoms with Crippen LogP contribution in [0.25, 0.3) is 0 Å². The summed E-state index contributed by atoms with van der Waals surface area (Å²) in [5.41, 5.74) is 2.04. The number of aryl methyl sites for hydroxylation is 2. The molecule has 2 N–H and O–H groups in total. The van der Waals surface area contributed by atoms with Gasteiger partial charge in [-0.2, -0.15) is 0 Å². The quantitative estimate of drug-likeness (QED) is 0.662. The molecule has 0 spiro atoms. The normalized spacial score (nSPS) is 10.5. The lowest BCUT2D eigenvalue weighted by Crippen LogP contribution is -2.27.